The molecule has 230 valence electrons. The highest BCUT2D eigenvalue weighted by molar-refractivity contribution is 5.96. The Morgan fingerprint density at radius 1 is 0.791 bits per heavy atom. The van der Waals surface area contributed by atoms with Crippen LogP contribution in [0.4, 0.5) is 0 Å². The largest absolute Gasteiger partial charge is 0.456 e. The molecule has 0 saturated heterocycles. The van der Waals surface area contributed by atoms with E-state index >= 15 is 0 Å². The van der Waals surface area contributed by atoms with Crippen molar-refractivity contribution < 1.29 is 19.1 Å². The van der Waals surface area contributed by atoms with Crippen molar-refractivity contribution >= 4 is 11.9 Å². The van der Waals surface area contributed by atoms with E-state index in [1.54, 1.807) is 24.3 Å². The highest BCUT2D eigenvalue weighted by Gasteiger charge is 2.35. The van der Waals surface area contributed by atoms with Gasteiger partial charge in [-0.1, -0.05) is 109 Å². The number of ether oxygens (including phenoxy) is 2. The Morgan fingerprint density at radius 2 is 1.33 bits per heavy atom. The number of rotatable bonds is 8. The van der Waals surface area contributed by atoms with Gasteiger partial charge in [-0.15, -0.1) is 0 Å². The second-order valence-corrected chi connectivity index (χ2v) is 14.2. The van der Waals surface area contributed by atoms with E-state index in [4.69, 9.17) is 9.47 Å². The Morgan fingerprint density at radius 3 is 1.86 bits per heavy atom. The van der Waals surface area contributed by atoms with Gasteiger partial charge in [0.15, 0.2) is 0 Å². The number of hydrogen-bond donors (Lipinski definition) is 0. The molecule has 1 saturated carbocycles. The average molecular weight is 583 g/mol. The molecule has 0 amide bonds. The van der Waals surface area contributed by atoms with Gasteiger partial charge in [0.05, 0.1) is 11.1 Å². The van der Waals surface area contributed by atoms with Crippen molar-refractivity contribution in [1.29, 1.82) is 0 Å². The topological polar surface area (TPSA) is 52.6 Å². The van der Waals surface area contributed by atoms with Crippen molar-refractivity contribution in [3.05, 3.63) is 101 Å². The zero-order chi connectivity index (χ0) is 31.3. The van der Waals surface area contributed by atoms with Gasteiger partial charge in [0.1, 0.15) is 11.4 Å². The van der Waals surface area contributed by atoms with Crippen LogP contribution in [0.2, 0.25) is 0 Å². The minimum absolute atomic E-state index is 0.0701. The fourth-order valence-corrected chi connectivity index (χ4v) is 6.55. The standard InChI is InChI=1S/C39H50O4/c1-8-24-38(6,7)43-36(41)30-15-9-14-29(27-30)35(40)42-34-22-20-33(21-23-34)39(25-10-12-28(2)13-11-26-39)32-18-16-31(17-19-32)37(3,4)5/h9,14-23,27-28H,8,10-13,24-26H2,1-7H3. The van der Waals surface area contributed by atoms with Crippen molar-refractivity contribution in [2.24, 2.45) is 5.92 Å². The second kappa shape index (κ2) is 13.5. The third-order valence-corrected chi connectivity index (χ3v) is 9.08. The van der Waals surface area contributed by atoms with Crippen molar-refractivity contribution in [3.63, 3.8) is 0 Å². The summed E-state index contributed by atoms with van der Waals surface area (Å²) in [5.41, 5.74) is 4.11. The lowest BCUT2D eigenvalue weighted by atomic mass is 9.66. The molecule has 0 N–H and O–H groups in total. The first kappa shape index (κ1) is 32.5. The quantitative estimate of drug-likeness (QED) is 0.196. The predicted molar refractivity (Wildman–Crippen MR) is 175 cm³/mol. The molecule has 1 aliphatic rings. The lowest BCUT2D eigenvalue weighted by Gasteiger charge is -2.38. The Bertz CT molecular complexity index is 1370. The van der Waals surface area contributed by atoms with Crippen LogP contribution in [0, 0.1) is 5.92 Å². The van der Waals surface area contributed by atoms with Crippen LogP contribution in [0.25, 0.3) is 0 Å². The second-order valence-electron chi connectivity index (χ2n) is 14.2. The molecule has 1 fully saturated rings. The summed E-state index contributed by atoms with van der Waals surface area (Å²) >= 11 is 0. The molecule has 0 spiro atoms. The predicted octanol–water partition coefficient (Wildman–Crippen LogP) is 10.2. The molecule has 0 bridgehead atoms. The first-order valence-electron chi connectivity index (χ1n) is 16.1. The lowest BCUT2D eigenvalue weighted by Crippen LogP contribution is -2.30. The number of hydrogen-bond acceptors (Lipinski definition) is 4. The maximum Gasteiger partial charge on any atom is 0.343 e. The molecule has 1 aliphatic carbocycles. The van der Waals surface area contributed by atoms with Gasteiger partial charge < -0.3 is 9.47 Å². The molecule has 4 rings (SSSR count). The summed E-state index contributed by atoms with van der Waals surface area (Å²) in [5, 5.41) is 0. The van der Waals surface area contributed by atoms with Crippen LogP contribution in [0.3, 0.4) is 0 Å². The van der Waals surface area contributed by atoms with Crippen LogP contribution in [-0.4, -0.2) is 17.5 Å². The molecule has 3 aromatic rings. The number of esters is 2. The zero-order valence-electron chi connectivity index (χ0n) is 27.3. The summed E-state index contributed by atoms with van der Waals surface area (Å²) in [6, 6.07) is 23.9. The Kier molecular flexibility index (Phi) is 10.2. The van der Waals surface area contributed by atoms with Crippen LogP contribution in [0.15, 0.2) is 72.8 Å². The summed E-state index contributed by atoms with van der Waals surface area (Å²) in [5.74, 6) is 0.323. The molecule has 0 radical (unpaired) electrons. The highest BCUT2D eigenvalue weighted by atomic mass is 16.6. The van der Waals surface area contributed by atoms with Gasteiger partial charge in [0.2, 0.25) is 0 Å². The third kappa shape index (κ3) is 8.16. The minimum Gasteiger partial charge on any atom is -0.456 e. The number of carbonyl (C=O) groups is 2. The molecule has 0 aliphatic heterocycles. The molecule has 3 aromatic carbocycles. The van der Waals surface area contributed by atoms with Crippen molar-refractivity contribution in [3.8, 4) is 5.75 Å². The van der Waals surface area contributed by atoms with Crippen molar-refractivity contribution in [1.82, 2.24) is 0 Å². The van der Waals surface area contributed by atoms with E-state index in [-0.39, 0.29) is 10.8 Å². The van der Waals surface area contributed by atoms with Gasteiger partial charge in [-0.3, -0.25) is 0 Å². The van der Waals surface area contributed by atoms with E-state index in [9.17, 15) is 9.59 Å². The van der Waals surface area contributed by atoms with Crippen LogP contribution in [-0.2, 0) is 15.6 Å². The van der Waals surface area contributed by atoms with Crippen LogP contribution < -0.4 is 4.74 Å². The smallest absolute Gasteiger partial charge is 0.343 e. The van der Waals surface area contributed by atoms with Crippen molar-refractivity contribution in [2.75, 3.05) is 0 Å². The van der Waals surface area contributed by atoms with Crippen molar-refractivity contribution in [2.45, 2.75) is 116 Å². The SMILES string of the molecule is CCCC(C)(C)OC(=O)c1cccc(C(=O)Oc2ccc(C3(c4ccc(C(C)(C)C)cc4)CCCC(C)CCC3)cc2)c1. The molecule has 0 heterocycles. The first-order valence-corrected chi connectivity index (χ1v) is 16.1. The lowest BCUT2D eigenvalue weighted by molar-refractivity contribution is -0.00473. The van der Waals surface area contributed by atoms with Crippen LogP contribution >= 0.6 is 0 Å². The first-order chi connectivity index (χ1) is 20.3. The van der Waals surface area contributed by atoms with E-state index < -0.39 is 17.5 Å². The fraction of sp³-hybridized carbons (Fsp3) is 0.487. The maximum atomic E-state index is 13.1. The van der Waals surface area contributed by atoms with E-state index in [1.807, 2.05) is 26.0 Å². The van der Waals surface area contributed by atoms with Gasteiger partial charge >= 0.3 is 11.9 Å². The van der Waals surface area contributed by atoms with Gasteiger partial charge in [0.25, 0.3) is 0 Å². The molecule has 0 aromatic heterocycles. The highest BCUT2D eigenvalue weighted by Crippen LogP contribution is 2.45. The molecule has 0 atom stereocenters. The maximum absolute atomic E-state index is 13.1. The molecule has 4 nitrogen and oxygen atoms in total. The Labute approximate surface area is 259 Å². The summed E-state index contributed by atoms with van der Waals surface area (Å²) in [6.45, 7) is 15.0. The Balaban J connectivity index is 1.55. The third-order valence-electron chi connectivity index (χ3n) is 9.08. The molecular formula is C39H50O4. The molecule has 43 heavy (non-hydrogen) atoms. The van der Waals surface area contributed by atoms with Gasteiger partial charge in [0, 0.05) is 5.41 Å². The van der Waals surface area contributed by atoms with Crippen LogP contribution in [0.5, 0.6) is 5.75 Å². The monoisotopic (exact) mass is 582 g/mol. The van der Waals surface area contributed by atoms with Gasteiger partial charge in [-0.2, -0.15) is 0 Å². The average Bonchev–Trinajstić information content (AvgIpc) is 2.95. The number of carbonyl (C=O) groups excluding carboxylic acids is 2. The normalized spacial score (nSPS) is 19.7. The molecular weight excluding hydrogens is 532 g/mol. The van der Waals surface area contributed by atoms with E-state index in [0.29, 0.717) is 16.9 Å². The van der Waals surface area contributed by atoms with Gasteiger partial charge in [-0.05, 0) is 91.5 Å². The summed E-state index contributed by atoms with van der Waals surface area (Å²) < 4.78 is 11.5. The fourth-order valence-electron chi connectivity index (χ4n) is 6.55. The zero-order valence-corrected chi connectivity index (χ0v) is 27.3. The number of benzene rings is 3. The summed E-state index contributed by atoms with van der Waals surface area (Å²) in [4.78, 5) is 25.9. The summed E-state index contributed by atoms with van der Waals surface area (Å²) in [6.07, 6.45) is 8.75. The summed E-state index contributed by atoms with van der Waals surface area (Å²) in [7, 11) is 0. The Hall–Kier alpha value is -3.40. The van der Waals surface area contributed by atoms with Gasteiger partial charge in [-0.25, -0.2) is 9.59 Å². The van der Waals surface area contributed by atoms with Crippen LogP contribution in [0.1, 0.15) is 137 Å². The van der Waals surface area contributed by atoms with E-state index in [2.05, 4.69) is 71.0 Å². The molecule has 0 unspecified atom stereocenters. The minimum atomic E-state index is -0.565. The van der Waals surface area contributed by atoms with E-state index in [1.165, 1.54) is 42.4 Å². The molecule has 4 heteroatoms. The van der Waals surface area contributed by atoms with E-state index in [0.717, 1.165) is 31.6 Å².